The van der Waals surface area contributed by atoms with E-state index in [1.807, 2.05) is 13.0 Å². The van der Waals surface area contributed by atoms with E-state index >= 15 is 0 Å². The van der Waals surface area contributed by atoms with Crippen molar-refractivity contribution < 1.29 is 10.0 Å². The molecule has 1 aromatic rings. The van der Waals surface area contributed by atoms with Crippen LogP contribution in [0, 0.1) is 0 Å². The first kappa shape index (κ1) is 13.0. The number of hydrogen-bond acceptors (Lipinski definition) is 4. The molecule has 0 aromatic carbocycles. The highest BCUT2D eigenvalue weighted by atomic mass is 16.4. The molecule has 16 heavy (non-hydrogen) atoms. The Bertz CT molecular complexity index is 341. The molecule has 1 heterocycles. The molecule has 4 nitrogen and oxygen atoms in total. The Morgan fingerprint density at radius 1 is 1.25 bits per heavy atom. The maximum absolute atomic E-state index is 9.18. The molecule has 0 aliphatic rings. The van der Waals surface area contributed by atoms with Gasteiger partial charge in [0.2, 0.25) is 0 Å². The third kappa shape index (κ3) is 2.74. The predicted molar refractivity (Wildman–Crippen MR) is 67.0 cm³/mol. The molecule has 0 bridgehead atoms. The Balaban J connectivity index is 3.08. The molecule has 0 aliphatic carbocycles. The number of aryl methyl sites for hydroxylation is 1. The van der Waals surface area contributed by atoms with Crippen molar-refractivity contribution in [1.29, 1.82) is 0 Å². The van der Waals surface area contributed by atoms with E-state index in [2.05, 4.69) is 23.7 Å². The number of hydrogen-bond donors (Lipinski definition) is 2. The van der Waals surface area contributed by atoms with Gasteiger partial charge >= 0.3 is 7.12 Å². The molecule has 5 heteroatoms. The number of aromatic nitrogens is 1. The van der Waals surface area contributed by atoms with Crippen LogP contribution in [-0.2, 0) is 6.42 Å². The van der Waals surface area contributed by atoms with Crippen molar-refractivity contribution in [2.75, 3.05) is 18.0 Å². The number of anilines is 1. The van der Waals surface area contributed by atoms with Crippen LogP contribution in [0.15, 0.2) is 12.3 Å². The van der Waals surface area contributed by atoms with Crippen molar-refractivity contribution in [2.45, 2.75) is 27.2 Å². The van der Waals surface area contributed by atoms with Crippen molar-refractivity contribution in [3.05, 3.63) is 17.8 Å². The molecule has 1 rings (SSSR count). The van der Waals surface area contributed by atoms with E-state index in [1.165, 1.54) is 0 Å². The van der Waals surface area contributed by atoms with Crippen molar-refractivity contribution in [3.8, 4) is 0 Å². The summed E-state index contributed by atoms with van der Waals surface area (Å²) in [7, 11) is -1.44. The van der Waals surface area contributed by atoms with Gasteiger partial charge in [0.15, 0.2) is 0 Å². The van der Waals surface area contributed by atoms with Crippen molar-refractivity contribution in [3.63, 3.8) is 0 Å². The molecule has 0 spiro atoms. The Labute approximate surface area is 97.1 Å². The molecular weight excluding hydrogens is 203 g/mol. The minimum atomic E-state index is -1.44. The first-order valence-electron chi connectivity index (χ1n) is 5.73. The minimum absolute atomic E-state index is 0.499. The Morgan fingerprint density at radius 3 is 2.31 bits per heavy atom. The van der Waals surface area contributed by atoms with E-state index in [1.54, 1.807) is 6.20 Å². The van der Waals surface area contributed by atoms with Gasteiger partial charge in [0.25, 0.3) is 0 Å². The van der Waals surface area contributed by atoms with Crippen LogP contribution >= 0.6 is 0 Å². The van der Waals surface area contributed by atoms with Crippen LogP contribution < -0.4 is 10.4 Å². The van der Waals surface area contributed by atoms with Crippen LogP contribution in [-0.4, -0.2) is 35.2 Å². The standard InChI is InChI=1S/C11H19BN2O2/c1-4-9-7-11(14(5-2)6-3)13-8-10(9)12(15)16/h7-8,15-16H,4-6H2,1-3H3. The van der Waals surface area contributed by atoms with E-state index in [4.69, 9.17) is 0 Å². The second-order valence-electron chi connectivity index (χ2n) is 3.64. The van der Waals surface area contributed by atoms with Crippen LogP contribution in [0.3, 0.4) is 0 Å². The lowest BCUT2D eigenvalue weighted by molar-refractivity contribution is 0.425. The van der Waals surface area contributed by atoms with Crippen LogP contribution in [0.4, 0.5) is 5.82 Å². The molecule has 0 unspecified atom stereocenters. The first-order valence-corrected chi connectivity index (χ1v) is 5.73. The van der Waals surface area contributed by atoms with E-state index in [0.717, 1.165) is 30.9 Å². The minimum Gasteiger partial charge on any atom is -0.423 e. The number of pyridine rings is 1. The lowest BCUT2D eigenvalue weighted by Crippen LogP contribution is -2.34. The van der Waals surface area contributed by atoms with E-state index in [-0.39, 0.29) is 0 Å². The summed E-state index contributed by atoms with van der Waals surface area (Å²) in [4.78, 5) is 6.39. The molecule has 0 saturated carbocycles. The van der Waals surface area contributed by atoms with Crippen LogP contribution in [0.2, 0.25) is 0 Å². The fourth-order valence-corrected chi connectivity index (χ4v) is 1.75. The van der Waals surface area contributed by atoms with E-state index < -0.39 is 7.12 Å². The average Bonchev–Trinajstić information content (AvgIpc) is 2.30. The van der Waals surface area contributed by atoms with Gasteiger partial charge in [0, 0.05) is 24.7 Å². The first-order chi connectivity index (χ1) is 7.63. The lowest BCUT2D eigenvalue weighted by atomic mass is 9.77. The lowest BCUT2D eigenvalue weighted by Gasteiger charge is -2.21. The Kier molecular flexibility index (Phi) is 4.77. The smallest absolute Gasteiger partial charge is 0.423 e. The summed E-state index contributed by atoms with van der Waals surface area (Å²) in [6.07, 6.45) is 2.32. The number of rotatable bonds is 5. The molecule has 0 radical (unpaired) electrons. The van der Waals surface area contributed by atoms with Gasteiger partial charge in [-0.25, -0.2) is 4.98 Å². The summed E-state index contributed by atoms with van der Waals surface area (Å²) >= 11 is 0. The summed E-state index contributed by atoms with van der Waals surface area (Å²) in [5, 5.41) is 18.4. The molecule has 1 aromatic heterocycles. The normalized spacial score (nSPS) is 10.3. The SMILES string of the molecule is CCc1cc(N(CC)CC)ncc1B(O)O. The molecule has 0 atom stereocenters. The van der Waals surface area contributed by atoms with Crippen molar-refractivity contribution in [2.24, 2.45) is 0 Å². The van der Waals surface area contributed by atoms with Gasteiger partial charge in [-0.3, -0.25) is 0 Å². The summed E-state index contributed by atoms with van der Waals surface area (Å²) in [6.45, 7) is 7.94. The maximum atomic E-state index is 9.18. The Morgan fingerprint density at radius 2 is 1.88 bits per heavy atom. The zero-order valence-electron chi connectivity index (χ0n) is 10.1. The van der Waals surface area contributed by atoms with Gasteiger partial charge < -0.3 is 14.9 Å². The monoisotopic (exact) mass is 222 g/mol. The second-order valence-corrected chi connectivity index (χ2v) is 3.64. The van der Waals surface area contributed by atoms with E-state index in [9.17, 15) is 10.0 Å². The Hall–Kier alpha value is -1.07. The third-order valence-corrected chi connectivity index (χ3v) is 2.76. The molecule has 0 aliphatic heterocycles. The summed E-state index contributed by atoms with van der Waals surface area (Å²) in [5.41, 5.74) is 1.44. The second kappa shape index (κ2) is 5.87. The third-order valence-electron chi connectivity index (χ3n) is 2.76. The topological polar surface area (TPSA) is 56.6 Å². The molecular formula is C11H19BN2O2. The van der Waals surface area contributed by atoms with Gasteiger partial charge in [-0.1, -0.05) is 6.92 Å². The molecule has 2 N–H and O–H groups in total. The zero-order chi connectivity index (χ0) is 12.1. The van der Waals surface area contributed by atoms with Gasteiger partial charge in [0.05, 0.1) is 0 Å². The maximum Gasteiger partial charge on any atom is 0.490 e. The molecule has 0 fully saturated rings. The largest absolute Gasteiger partial charge is 0.490 e. The van der Waals surface area contributed by atoms with Crippen LogP contribution in [0.25, 0.3) is 0 Å². The summed E-state index contributed by atoms with van der Waals surface area (Å²) in [6, 6.07) is 1.93. The van der Waals surface area contributed by atoms with Gasteiger partial charge in [-0.15, -0.1) is 0 Å². The highest BCUT2D eigenvalue weighted by Crippen LogP contribution is 2.11. The van der Waals surface area contributed by atoms with Crippen LogP contribution in [0.1, 0.15) is 26.3 Å². The van der Waals surface area contributed by atoms with Crippen molar-refractivity contribution >= 4 is 18.4 Å². The van der Waals surface area contributed by atoms with E-state index in [0.29, 0.717) is 5.46 Å². The van der Waals surface area contributed by atoms with Gasteiger partial charge in [-0.2, -0.15) is 0 Å². The van der Waals surface area contributed by atoms with Gasteiger partial charge in [-0.05, 0) is 31.9 Å². The quantitative estimate of drug-likeness (QED) is 0.697. The van der Waals surface area contributed by atoms with Crippen molar-refractivity contribution in [1.82, 2.24) is 4.98 Å². The highest BCUT2D eigenvalue weighted by molar-refractivity contribution is 6.59. The summed E-state index contributed by atoms with van der Waals surface area (Å²) in [5.74, 6) is 0.895. The molecule has 0 saturated heterocycles. The molecule has 0 amide bonds. The summed E-state index contributed by atoms with van der Waals surface area (Å²) < 4.78 is 0. The zero-order valence-corrected chi connectivity index (χ0v) is 10.1. The average molecular weight is 222 g/mol. The number of nitrogens with zero attached hydrogens (tertiary/aromatic N) is 2. The van der Waals surface area contributed by atoms with Gasteiger partial charge in [0.1, 0.15) is 5.82 Å². The fraction of sp³-hybridized carbons (Fsp3) is 0.545. The highest BCUT2D eigenvalue weighted by Gasteiger charge is 2.17. The molecule has 88 valence electrons. The predicted octanol–water partition coefficient (Wildman–Crippen LogP) is 0.170. The fourth-order valence-electron chi connectivity index (χ4n) is 1.75. The van der Waals surface area contributed by atoms with Crippen LogP contribution in [0.5, 0.6) is 0 Å².